The number of hydrogen-bond acceptors (Lipinski definition) is 6. The fourth-order valence-electron chi connectivity index (χ4n) is 3.93. The first-order valence-corrected chi connectivity index (χ1v) is 10.8. The first-order valence-electron chi connectivity index (χ1n) is 10.8. The van der Waals surface area contributed by atoms with Gasteiger partial charge >= 0.3 is 5.97 Å². The highest BCUT2D eigenvalue weighted by atomic mass is 16.6. The molecular formula is C24H27N3O5. The van der Waals surface area contributed by atoms with Gasteiger partial charge < -0.3 is 25.0 Å². The van der Waals surface area contributed by atoms with Crippen LogP contribution in [0.25, 0.3) is 0 Å². The number of nitrogens with zero attached hydrogens (tertiary/aromatic N) is 1. The Morgan fingerprint density at radius 3 is 2.66 bits per heavy atom. The van der Waals surface area contributed by atoms with E-state index in [1.165, 1.54) is 12.8 Å². The van der Waals surface area contributed by atoms with E-state index in [0.29, 0.717) is 24.3 Å². The van der Waals surface area contributed by atoms with Gasteiger partial charge in [0, 0.05) is 36.6 Å². The van der Waals surface area contributed by atoms with E-state index in [2.05, 4.69) is 21.6 Å². The molecule has 0 unspecified atom stereocenters. The van der Waals surface area contributed by atoms with Gasteiger partial charge in [0.05, 0.1) is 0 Å². The summed E-state index contributed by atoms with van der Waals surface area (Å²) in [5, 5.41) is 5.58. The van der Waals surface area contributed by atoms with Gasteiger partial charge in [-0.3, -0.25) is 9.59 Å². The maximum Gasteiger partial charge on any atom is 0.344 e. The van der Waals surface area contributed by atoms with Gasteiger partial charge in [0.15, 0.2) is 13.2 Å². The number of esters is 1. The van der Waals surface area contributed by atoms with Crippen molar-refractivity contribution in [2.24, 2.45) is 0 Å². The van der Waals surface area contributed by atoms with E-state index in [4.69, 9.17) is 9.47 Å². The average molecular weight is 437 g/mol. The van der Waals surface area contributed by atoms with E-state index in [1.807, 2.05) is 19.1 Å². The third-order valence-corrected chi connectivity index (χ3v) is 5.65. The molecule has 8 heteroatoms. The Labute approximate surface area is 186 Å². The molecule has 2 heterocycles. The molecule has 1 saturated heterocycles. The summed E-state index contributed by atoms with van der Waals surface area (Å²) in [5.41, 5.74) is 4.54. The van der Waals surface area contributed by atoms with Crippen molar-refractivity contribution >= 4 is 34.8 Å². The molecule has 0 spiro atoms. The van der Waals surface area contributed by atoms with Gasteiger partial charge in [-0.1, -0.05) is 0 Å². The molecule has 2 aromatic rings. The lowest BCUT2D eigenvalue weighted by Crippen LogP contribution is -2.24. The zero-order valence-corrected chi connectivity index (χ0v) is 18.1. The number of aryl methyl sites for hydroxylation is 2. The third kappa shape index (κ3) is 5.38. The molecule has 0 aromatic heterocycles. The molecule has 0 bridgehead atoms. The van der Waals surface area contributed by atoms with Crippen molar-refractivity contribution in [1.29, 1.82) is 0 Å². The molecule has 0 radical (unpaired) electrons. The predicted octanol–water partition coefficient (Wildman–Crippen LogP) is 3.04. The highest BCUT2D eigenvalue weighted by Crippen LogP contribution is 2.27. The van der Waals surface area contributed by atoms with Crippen molar-refractivity contribution in [1.82, 2.24) is 0 Å². The summed E-state index contributed by atoms with van der Waals surface area (Å²) in [6, 6.07) is 11.2. The van der Waals surface area contributed by atoms with Crippen molar-refractivity contribution in [3.05, 3.63) is 47.5 Å². The Balaban J connectivity index is 1.22. The van der Waals surface area contributed by atoms with Crippen LogP contribution in [0.4, 0.5) is 17.1 Å². The van der Waals surface area contributed by atoms with Crippen LogP contribution in [0.2, 0.25) is 0 Å². The summed E-state index contributed by atoms with van der Waals surface area (Å²) < 4.78 is 10.5. The molecule has 2 N–H and O–H groups in total. The summed E-state index contributed by atoms with van der Waals surface area (Å²) in [6.45, 7) is 3.38. The van der Waals surface area contributed by atoms with Crippen LogP contribution in [0.5, 0.6) is 5.75 Å². The number of carbonyl (C=O) groups excluding carboxylic acids is 3. The number of nitrogens with one attached hydrogen (secondary N) is 2. The smallest absolute Gasteiger partial charge is 0.344 e. The van der Waals surface area contributed by atoms with Gasteiger partial charge in [0.2, 0.25) is 5.91 Å². The monoisotopic (exact) mass is 437 g/mol. The lowest BCUT2D eigenvalue weighted by Gasteiger charge is -2.19. The molecule has 2 aliphatic heterocycles. The number of fused-ring (bicyclic) bond motifs is 1. The van der Waals surface area contributed by atoms with E-state index >= 15 is 0 Å². The summed E-state index contributed by atoms with van der Waals surface area (Å²) >= 11 is 0. The first kappa shape index (κ1) is 21.7. The molecule has 168 valence electrons. The quantitative estimate of drug-likeness (QED) is 0.647. The summed E-state index contributed by atoms with van der Waals surface area (Å²) in [5.74, 6) is -0.534. The number of rotatable bonds is 7. The second-order valence-corrected chi connectivity index (χ2v) is 8.06. The second kappa shape index (κ2) is 9.72. The topological polar surface area (TPSA) is 97.0 Å². The van der Waals surface area contributed by atoms with Crippen LogP contribution in [0.3, 0.4) is 0 Å². The Kier molecular flexibility index (Phi) is 6.58. The lowest BCUT2D eigenvalue weighted by atomic mass is 10.0. The first-order chi connectivity index (χ1) is 15.5. The molecule has 4 rings (SSSR count). The van der Waals surface area contributed by atoms with Crippen molar-refractivity contribution in [3.63, 3.8) is 0 Å². The van der Waals surface area contributed by atoms with Crippen molar-refractivity contribution < 1.29 is 23.9 Å². The predicted molar refractivity (Wildman–Crippen MR) is 121 cm³/mol. The second-order valence-electron chi connectivity index (χ2n) is 8.06. The Hall–Kier alpha value is -3.55. The Morgan fingerprint density at radius 2 is 1.88 bits per heavy atom. The van der Waals surface area contributed by atoms with Crippen LogP contribution < -0.4 is 20.3 Å². The number of hydrogen-bond donors (Lipinski definition) is 2. The Bertz CT molecular complexity index is 1030. The molecule has 2 aliphatic rings. The fraction of sp³-hybridized carbons (Fsp3) is 0.375. The molecule has 0 atom stereocenters. The number of anilines is 3. The highest BCUT2D eigenvalue weighted by Gasteiger charge is 2.17. The van der Waals surface area contributed by atoms with Crippen molar-refractivity contribution in [2.45, 2.75) is 32.6 Å². The molecule has 2 aromatic carbocycles. The maximum atomic E-state index is 12.2. The van der Waals surface area contributed by atoms with Crippen LogP contribution in [0, 0.1) is 6.92 Å². The normalized spacial score (nSPS) is 15.0. The van der Waals surface area contributed by atoms with Crippen molar-refractivity contribution in [2.75, 3.05) is 41.8 Å². The van der Waals surface area contributed by atoms with E-state index in [1.54, 1.807) is 18.2 Å². The SMILES string of the molecule is Cc1cc(N2CCCC2)ccc1NC(=O)COC(=O)COc1ccc2c(c1)CCC(=O)N2. The maximum absolute atomic E-state index is 12.2. The molecule has 8 nitrogen and oxygen atoms in total. The summed E-state index contributed by atoms with van der Waals surface area (Å²) in [4.78, 5) is 37.9. The van der Waals surface area contributed by atoms with Crippen LogP contribution in [-0.4, -0.2) is 44.1 Å². The minimum atomic E-state index is -0.632. The van der Waals surface area contributed by atoms with Crippen LogP contribution >= 0.6 is 0 Å². The molecular weight excluding hydrogens is 410 g/mol. The molecule has 0 saturated carbocycles. The Morgan fingerprint density at radius 1 is 1.06 bits per heavy atom. The van der Waals surface area contributed by atoms with Gasteiger partial charge in [0.25, 0.3) is 5.91 Å². The van der Waals surface area contributed by atoms with E-state index in [9.17, 15) is 14.4 Å². The lowest BCUT2D eigenvalue weighted by molar-refractivity contribution is -0.149. The third-order valence-electron chi connectivity index (χ3n) is 5.65. The van der Waals surface area contributed by atoms with E-state index in [-0.39, 0.29) is 19.1 Å². The largest absolute Gasteiger partial charge is 0.482 e. The standard InChI is InChI=1S/C24H27N3O5/c1-16-12-18(27-10-2-3-11-27)5-7-20(16)25-23(29)14-32-24(30)15-31-19-6-8-21-17(13-19)4-9-22(28)26-21/h5-8,12-13H,2-4,9-11,14-15H2,1H3,(H,25,29)(H,26,28). The number of benzene rings is 2. The van der Waals surface area contributed by atoms with Crippen LogP contribution in [-0.2, 0) is 25.5 Å². The molecule has 2 amide bonds. The van der Waals surface area contributed by atoms with Gasteiger partial charge in [-0.25, -0.2) is 4.79 Å². The van der Waals surface area contributed by atoms with E-state index in [0.717, 1.165) is 35.6 Å². The van der Waals surface area contributed by atoms with Crippen molar-refractivity contribution in [3.8, 4) is 5.75 Å². The fourth-order valence-corrected chi connectivity index (χ4v) is 3.93. The summed E-state index contributed by atoms with van der Waals surface area (Å²) in [6.07, 6.45) is 3.46. The number of amides is 2. The molecule has 32 heavy (non-hydrogen) atoms. The highest BCUT2D eigenvalue weighted by molar-refractivity contribution is 5.94. The number of carbonyl (C=O) groups is 3. The van der Waals surface area contributed by atoms with Gasteiger partial charge in [-0.2, -0.15) is 0 Å². The average Bonchev–Trinajstić information content (AvgIpc) is 3.32. The van der Waals surface area contributed by atoms with Crippen LogP contribution in [0.1, 0.15) is 30.4 Å². The zero-order valence-electron chi connectivity index (χ0n) is 18.1. The minimum absolute atomic E-state index is 0.00856. The molecule has 0 aliphatic carbocycles. The minimum Gasteiger partial charge on any atom is -0.482 e. The van der Waals surface area contributed by atoms with Gasteiger partial charge in [-0.15, -0.1) is 0 Å². The van der Waals surface area contributed by atoms with Crippen LogP contribution in [0.15, 0.2) is 36.4 Å². The summed E-state index contributed by atoms with van der Waals surface area (Å²) in [7, 11) is 0. The zero-order chi connectivity index (χ0) is 22.5. The molecule has 1 fully saturated rings. The number of ether oxygens (including phenoxy) is 2. The van der Waals surface area contributed by atoms with Gasteiger partial charge in [-0.05, 0) is 73.7 Å². The van der Waals surface area contributed by atoms with Gasteiger partial charge in [0.1, 0.15) is 5.75 Å². The van der Waals surface area contributed by atoms with E-state index < -0.39 is 11.9 Å².